The van der Waals surface area contributed by atoms with Crippen LogP contribution in [0.1, 0.15) is 36.2 Å². The predicted octanol–water partition coefficient (Wildman–Crippen LogP) is 4.16. The van der Waals surface area contributed by atoms with Crippen LogP contribution in [0.3, 0.4) is 0 Å². The smallest absolute Gasteiger partial charge is 0.224 e. The molecule has 0 spiro atoms. The number of aromatic nitrogens is 1. The van der Waals surface area contributed by atoms with E-state index in [0.717, 1.165) is 36.5 Å². The van der Waals surface area contributed by atoms with Crippen molar-refractivity contribution in [2.45, 2.75) is 40.7 Å². The first-order chi connectivity index (χ1) is 10.1. The first-order valence-corrected chi connectivity index (χ1v) is 7.58. The SMILES string of the molecule is CCNCc1c(C)cc(C)nc1Oc1ccc(CC)cc1. The van der Waals surface area contributed by atoms with Gasteiger partial charge in [0.15, 0.2) is 0 Å². The molecule has 2 aromatic rings. The van der Waals surface area contributed by atoms with Gasteiger partial charge in [-0.25, -0.2) is 4.98 Å². The van der Waals surface area contributed by atoms with Crippen LogP contribution in [0.15, 0.2) is 30.3 Å². The second-order valence-electron chi connectivity index (χ2n) is 5.24. The highest BCUT2D eigenvalue weighted by molar-refractivity contribution is 5.39. The average Bonchev–Trinajstić information content (AvgIpc) is 2.47. The Kier molecular flexibility index (Phi) is 5.34. The summed E-state index contributed by atoms with van der Waals surface area (Å²) >= 11 is 0. The van der Waals surface area contributed by atoms with Gasteiger partial charge in [0.25, 0.3) is 0 Å². The van der Waals surface area contributed by atoms with Crippen LogP contribution in [-0.2, 0) is 13.0 Å². The Hall–Kier alpha value is -1.87. The third kappa shape index (κ3) is 4.05. The average molecular weight is 284 g/mol. The highest BCUT2D eigenvalue weighted by Gasteiger charge is 2.11. The Morgan fingerprint density at radius 1 is 1.10 bits per heavy atom. The minimum Gasteiger partial charge on any atom is -0.439 e. The molecule has 0 radical (unpaired) electrons. The summed E-state index contributed by atoms with van der Waals surface area (Å²) in [4.78, 5) is 4.56. The topological polar surface area (TPSA) is 34.2 Å². The van der Waals surface area contributed by atoms with Gasteiger partial charge in [-0.2, -0.15) is 0 Å². The van der Waals surface area contributed by atoms with Crippen molar-refractivity contribution >= 4 is 0 Å². The highest BCUT2D eigenvalue weighted by atomic mass is 16.5. The van der Waals surface area contributed by atoms with E-state index in [1.807, 2.05) is 19.1 Å². The monoisotopic (exact) mass is 284 g/mol. The Balaban J connectivity index is 2.28. The van der Waals surface area contributed by atoms with Gasteiger partial charge in [-0.3, -0.25) is 0 Å². The Morgan fingerprint density at radius 3 is 2.43 bits per heavy atom. The van der Waals surface area contributed by atoms with Crippen LogP contribution in [0.2, 0.25) is 0 Å². The van der Waals surface area contributed by atoms with Crippen molar-refractivity contribution in [3.05, 3.63) is 52.7 Å². The molecule has 0 atom stereocenters. The van der Waals surface area contributed by atoms with Gasteiger partial charge in [0.05, 0.1) is 0 Å². The molecule has 1 aromatic carbocycles. The maximum absolute atomic E-state index is 6.02. The largest absolute Gasteiger partial charge is 0.439 e. The molecule has 1 aromatic heterocycles. The number of pyridine rings is 1. The number of aryl methyl sites for hydroxylation is 3. The van der Waals surface area contributed by atoms with Crippen LogP contribution in [0.4, 0.5) is 0 Å². The molecule has 3 heteroatoms. The van der Waals surface area contributed by atoms with E-state index in [4.69, 9.17) is 4.74 Å². The van der Waals surface area contributed by atoms with Gasteiger partial charge in [-0.1, -0.05) is 26.0 Å². The molecule has 0 bridgehead atoms. The summed E-state index contributed by atoms with van der Waals surface area (Å²) < 4.78 is 6.02. The molecule has 112 valence electrons. The van der Waals surface area contributed by atoms with E-state index in [2.05, 4.69) is 49.3 Å². The Morgan fingerprint density at radius 2 is 1.81 bits per heavy atom. The van der Waals surface area contributed by atoms with E-state index in [0.29, 0.717) is 5.88 Å². The zero-order chi connectivity index (χ0) is 15.2. The molecule has 3 nitrogen and oxygen atoms in total. The summed E-state index contributed by atoms with van der Waals surface area (Å²) in [6.45, 7) is 10.1. The van der Waals surface area contributed by atoms with Crippen molar-refractivity contribution in [2.24, 2.45) is 0 Å². The molecule has 0 aliphatic heterocycles. The van der Waals surface area contributed by atoms with Crippen LogP contribution in [0.25, 0.3) is 0 Å². The van der Waals surface area contributed by atoms with Gasteiger partial charge in [0.2, 0.25) is 5.88 Å². The Bertz CT molecular complexity index is 591. The normalized spacial score (nSPS) is 10.7. The molecule has 21 heavy (non-hydrogen) atoms. The summed E-state index contributed by atoms with van der Waals surface area (Å²) in [7, 11) is 0. The molecule has 0 unspecified atom stereocenters. The van der Waals surface area contributed by atoms with Crippen molar-refractivity contribution in [1.82, 2.24) is 10.3 Å². The van der Waals surface area contributed by atoms with Gasteiger partial charge in [0.1, 0.15) is 5.75 Å². The van der Waals surface area contributed by atoms with Gasteiger partial charge in [-0.15, -0.1) is 0 Å². The zero-order valence-electron chi connectivity index (χ0n) is 13.4. The molecular formula is C18H24N2O. The van der Waals surface area contributed by atoms with E-state index in [-0.39, 0.29) is 0 Å². The van der Waals surface area contributed by atoms with Crippen molar-refractivity contribution in [1.29, 1.82) is 0 Å². The van der Waals surface area contributed by atoms with E-state index < -0.39 is 0 Å². The molecule has 2 rings (SSSR count). The minimum atomic E-state index is 0.706. The van der Waals surface area contributed by atoms with Gasteiger partial charge in [0, 0.05) is 17.8 Å². The lowest BCUT2D eigenvalue weighted by Crippen LogP contribution is -2.14. The first-order valence-electron chi connectivity index (χ1n) is 7.58. The number of hydrogen-bond donors (Lipinski definition) is 1. The molecule has 1 heterocycles. The maximum Gasteiger partial charge on any atom is 0.224 e. The third-order valence-electron chi connectivity index (χ3n) is 3.54. The summed E-state index contributed by atoms with van der Waals surface area (Å²) in [5.74, 6) is 1.54. The number of hydrogen-bond acceptors (Lipinski definition) is 3. The van der Waals surface area contributed by atoms with E-state index in [1.54, 1.807) is 0 Å². The van der Waals surface area contributed by atoms with Crippen LogP contribution in [0, 0.1) is 13.8 Å². The van der Waals surface area contributed by atoms with E-state index in [1.165, 1.54) is 11.1 Å². The van der Waals surface area contributed by atoms with Crippen molar-refractivity contribution < 1.29 is 4.74 Å². The predicted molar refractivity (Wildman–Crippen MR) is 87.0 cm³/mol. The van der Waals surface area contributed by atoms with Crippen LogP contribution >= 0.6 is 0 Å². The lowest BCUT2D eigenvalue weighted by molar-refractivity contribution is 0.451. The minimum absolute atomic E-state index is 0.706. The summed E-state index contributed by atoms with van der Waals surface area (Å²) in [5, 5.41) is 3.35. The molecular weight excluding hydrogens is 260 g/mol. The molecule has 0 saturated heterocycles. The number of ether oxygens (including phenoxy) is 1. The summed E-state index contributed by atoms with van der Waals surface area (Å²) in [6, 6.07) is 10.3. The van der Waals surface area contributed by atoms with Crippen LogP contribution < -0.4 is 10.1 Å². The number of rotatable bonds is 6. The lowest BCUT2D eigenvalue weighted by Gasteiger charge is -2.14. The number of nitrogens with one attached hydrogen (secondary N) is 1. The molecule has 1 N–H and O–H groups in total. The van der Waals surface area contributed by atoms with Crippen LogP contribution in [-0.4, -0.2) is 11.5 Å². The van der Waals surface area contributed by atoms with Gasteiger partial charge in [-0.05, 0) is 56.1 Å². The molecule has 0 fully saturated rings. The standard InChI is InChI=1S/C18H24N2O/c1-5-15-7-9-16(10-8-15)21-18-17(12-19-6-2)13(3)11-14(4)20-18/h7-11,19H,5-6,12H2,1-4H3. The van der Waals surface area contributed by atoms with Gasteiger partial charge < -0.3 is 10.1 Å². The van der Waals surface area contributed by atoms with E-state index >= 15 is 0 Å². The number of nitrogens with zero attached hydrogens (tertiary/aromatic N) is 1. The first kappa shape index (κ1) is 15.5. The zero-order valence-corrected chi connectivity index (χ0v) is 13.4. The summed E-state index contributed by atoms with van der Waals surface area (Å²) in [5.41, 5.74) is 4.63. The second-order valence-corrected chi connectivity index (χ2v) is 5.24. The quantitative estimate of drug-likeness (QED) is 0.864. The van der Waals surface area contributed by atoms with Crippen LogP contribution in [0.5, 0.6) is 11.6 Å². The fourth-order valence-corrected chi connectivity index (χ4v) is 2.28. The second kappa shape index (κ2) is 7.23. The third-order valence-corrected chi connectivity index (χ3v) is 3.54. The highest BCUT2D eigenvalue weighted by Crippen LogP contribution is 2.26. The van der Waals surface area contributed by atoms with Crippen molar-refractivity contribution in [2.75, 3.05) is 6.54 Å². The fraction of sp³-hybridized carbons (Fsp3) is 0.389. The van der Waals surface area contributed by atoms with Crippen molar-refractivity contribution in [3.8, 4) is 11.6 Å². The van der Waals surface area contributed by atoms with Gasteiger partial charge >= 0.3 is 0 Å². The summed E-state index contributed by atoms with van der Waals surface area (Å²) in [6.07, 6.45) is 1.04. The molecule has 0 amide bonds. The lowest BCUT2D eigenvalue weighted by atomic mass is 10.1. The molecule has 0 aliphatic carbocycles. The number of benzene rings is 1. The maximum atomic E-state index is 6.02. The molecule has 0 aliphatic rings. The van der Waals surface area contributed by atoms with Crippen molar-refractivity contribution in [3.63, 3.8) is 0 Å². The van der Waals surface area contributed by atoms with E-state index in [9.17, 15) is 0 Å². The fourth-order valence-electron chi connectivity index (χ4n) is 2.28. The Labute approximate surface area is 127 Å². The molecule has 0 saturated carbocycles.